The number of phenolic OH excluding ortho intramolecular Hbond substituents is 1. The highest BCUT2D eigenvalue weighted by Gasteiger charge is 2.30. The number of aryl methyl sites for hydroxylation is 2. The van der Waals surface area contributed by atoms with Crippen molar-refractivity contribution < 1.29 is 36.6 Å². The van der Waals surface area contributed by atoms with Crippen molar-refractivity contribution in [3.63, 3.8) is 0 Å². The van der Waals surface area contributed by atoms with Crippen LogP contribution in [-0.4, -0.2) is 37.1 Å². The maximum absolute atomic E-state index is 14.2. The number of amides is 2. The van der Waals surface area contributed by atoms with Gasteiger partial charge in [-0.15, -0.1) is 5.10 Å². The van der Waals surface area contributed by atoms with Gasteiger partial charge in [0.2, 0.25) is 11.0 Å². The minimum atomic E-state index is -2.42. The van der Waals surface area contributed by atoms with Gasteiger partial charge in [0.05, 0.1) is 11.4 Å². The molecule has 0 aliphatic heterocycles. The molecule has 3 aromatic carbocycles. The predicted octanol–water partition coefficient (Wildman–Crippen LogP) is 5.06. The standard InChI is InChI=1S/C24H17F5N6O3S/c1-3-35-24(32-33-34-35)39-15-9-12(30-22(37)11-6-4-10(2)5-7-11)14(36)8-13(15)31-23(38)16-17(25)19(27)21(29)20(28)18(16)26/h4-9,36H,3H2,1-2H3,(H,30,37)(H,31,38). The molecule has 0 spiro atoms. The Hall–Kier alpha value is -4.53. The third-order valence-electron chi connectivity index (χ3n) is 5.34. The zero-order valence-electron chi connectivity index (χ0n) is 20.0. The molecule has 202 valence electrons. The zero-order chi connectivity index (χ0) is 28.4. The summed E-state index contributed by atoms with van der Waals surface area (Å²) in [5.74, 6) is -14.5. The molecule has 0 aliphatic carbocycles. The topological polar surface area (TPSA) is 122 Å². The van der Waals surface area contributed by atoms with E-state index in [1.54, 1.807) is 31.2 Å². The highest BCUT2D eigenvalue weighted by molar-refractivity contribution is 7.99. The van der Waals surface area contributed by atoms with E-state index in [2.05, 4.69) is 20.8 Å². The van der Waals surface area contributed by atoms with Gasteiger partial charge in [-0.05, 0) is 54.2 Å². The summed E-state index contributed by atoms with van der Waals surface area (Å²) in [4.78, 5) is 25.4. The van der Waals surface area contributed by atoms with E-state index in [9.17, 15) is 36.6 Å². The average molecular weight is 564 g/mol. The van der Waals surface area contributed by atoms with E-state index in [-0.39, 0.29) is 27.0 Å². The number of hydrogen-bond donors (Lipinski definition) is 3. The fourth-order valence-electron chi connectivity index (χ4n) is 3.31. The molecule has 15 heteroatoms. The molecule has 0 fully saturated rings. The maximum Gasteiger partial charge on any atom is 0.261 e. The largest absolute Gasteiger partial charge is 0.506 e. The van der Waals surface area contributed by atoms with Crippen molar-refractivity contribution in [1.82, 2.24) is 20.2 Å². The number of hydrogen-bond acceptors (Lipinski definition) is 7. The number of nitrogens with one attached hydrogen (secondary N) is 2. The van der Waals surface area contributed by atoms with Crippen LogP contribution in [0.5, 0.6) is 5.75 Å². The first-order valence-corrected chi connectivity index (χ1v) is 11.8. The SMILES string of the molecule is CCn1nnnc1Sc1cc(NC(=O)c2ccc(C)cc2)c(O)cc1NC(=O)c1c(F)c(F)c(F)c(F)c1F. The molecule has 1 aromatic heterocycles. The summed E-state index contributed by atoms with van der Waals surface area (Å²) in [6.45, 7) is 3.90. The molecule has 0 bridgehead atoms. The third kappa shape index (κ3) is 5.52. The summed E-state index contributed by atoms with van der Waals surface area (Å²) in [5, 5.41) is 26.4. The number of rotatable bonds is 7. The molecule has 9 nitrogen and oxygen atoms in total. The van der Waals surface area contributed by atoms with Crippen molar-refractivity contribution in [2.45, 2.75) is 30.4 Å². The second kappa shape index (κ2) is 11.1. The zero-order valence-corrected chi connectivity index (χ0v) is 20.8. The first-order valence-electron chi connectivity index (χ1n) is 11.0. The number of benzene rings is 3. The molecule has 39 heavy (non-hydrogen) atoms. The van der Waals surface area contributed by atoms with Gasteiger partial charge in [-0.2, -0.15) is 0 Å². The summed E-state index contributed by atoms with van der Waals surface area (Å²) in [7, 11) is 0. The molecule has 0 aliphatic rings. The van der Waals surface area contributed by atoms with Crippen molar-refractivity contribution in [2.75, 3.05) is 10.6 Å². The normalized spacial score (nSPS) is 10.9. The van der Waals surface area contributed by atoms with Crippen LogP contribution in [0.25, 0.3) is 0 Å². The Bertz CT molecular complexity index is 1570. The smallest absolute Gasteiger partial charge is 0.261 e. The van der Waals surface area contributed by atoms with Crippen molar-refractivity contribution in [3.05, 3.63) is 82.2 Å². The quantitative estimate of drug-likeness (QED) is 0.124. The van der Waals surface area contributed by atoms with E-state index < -0.39 is 52.2 Å². The van der Waals surface area contributed by atoms with Crippen LogP contribution in [0.1, 0.15) is 33.2 Å². The lowest BCUT2D eigenvalue weighted by molar-refractivity contribution is 0.101. The molecule has 0 atom stereocenters. The predicted molar refractivity (Wildman–Crippen MR) is 129 cm³/mol. The molecule has 0 radical (unpaired) electrons. The van der Waals surface area contributed by atoms with Crippen LogP contribution in [0.4, 0.5) is 33.3 Å². The van der Waals surface area contributed by atoms with Crippen LogP contribution in [0, 0.1) is 36.0 Å². The molecule has 2 amide bonds. The highest BCUT2D eigenvalue weighted by Crippen LogP contribution is 2.39. The number of carbonyl (C=O) groups is 2. The highest BCUT2D eigenvalue weighted by atomic mass is 32.2. The number of anilines is 2. The van der Waals surface area contributed by atoms with Gasteiger partial charge in [-0.3, -0.25) is 9.59 Å². The van der Waals surface area contributed by atoms with Crippen LogP contribution in [0.2, 0.25) is 0 Å². The Labute approximate surface area is 221 Å². The third-order valence-corrected chi connectivity index (χ3v) is 6.38. The van der Waals surface area contributed by atoms with E-state index >= 15 is 0 Å². The van der Waals surface area contributed by atoms with Crippen LogP contribution in [0.15, 0.2) is 46.5 Å². The Kier molecular flexibility index (Phi) is 7.80. The molecule has 1 heterocycles. The van der Waals surface area contributed by atoms with Crippen LogP contribution in [0.3, 0.4) is 0 Å². The van der Waals surface area contributed by atoms with Gasteiger partial charge in [0.1, 0.15) is 11.3 Å². The lowest BCUT2D eigenvalue weighted by atomic mass is 10.1. The minimum Gasteiger partial charge on any atom is -0.506 e. The van der Waals surface area contributed by atoms with Crippen molar-refractivity contribution in [1.29, 1.82) is 0 Å². The van der Waals surface area contributed by atoms with E-state index in [0.29, 0.717) is 6.54 Å². The lowest BCUT2D eigenvalue weighted by Crippen LogP contribution is -2.20. The van der Waals surface area contributed by atoms with E-state index in [1.807, 2.05) is 12.2 Å². The molecular formula is C24H17F5N6O3S. The summed E-state index contributed by atoms with van der Waals surface area (Å²) < 4.78 is 70.6. The number of nitrogens with zero attached hydrogens (tertiary/aromatic N) is 4. The average Bonchev–Trinajstić information content (AvgIpc) is 3.36. The second-order valence-corrected chi connectivity index (χ2v) is 8.97. The minimum absolute atomic E-state index is 0.0497. The Morgan fingerprint density at radius 1 is 0.897 bits per heavy atom. The summed E-state index contributed by atoms with van der Waals surface area (Å²) in [6, 6.07) is 8.68. The number of phenols is 1. The monoisotopic (exact) mass is 564 g/mol. The van der Waals surface area contributed by atoms with E-state index in [4.69, 9.17) is 0 Å². The molecule has 3 N–H and O–H groups in total. The summed E-state index contributed by atoms with van der Waals surface area (Å²) >= 11 is 0.828. The number of aromatic hydroxyl groups is 1. The Morgan fingerprint density at radius 3 is 2.10 bits per heavy atom. The van der Waals surface area contributed by atoms with Crippen LogP contribution in [-0.2, 0) is 6.54 Å². The second-order valence-electron chi connectivity index (χ2n) is 7.96. The first kappa shape index (κ1) is 27.5. The maximum atomic E-state index is 14.2. The van der Waals surface area contributed by atoms with Gasteiger partial charge in [0.15, 0.2) is 23.3 Å². The van der Waals surface area contributed by atoms with Gasteiger partial charge in [-0.25, -0.2) is 26.6 Å². The van der Waals surface area contributed by atoms with E-state index in [0.717, 1.165) is 23.4 Å². The molecule has 0 saturated heterocycles. The van der Waals surface area contributed by atoms with Gasteiger partial charge < -0.3 is 15.7 Å². The Morgan fingerprint density at radius 2 is 1.49 bits per heavy atom. The number of tetrazole rings is 1. The summed E-state index contributed by atoms with van der Waals surface area (Å²) in [5.41, 5.74) is -0.960. The van der Waals surface area contributed by atoms with Crippen molar-refractivity contribution >= 4 is 35.0 Å². The Balaban J connectivity index is 1.74. The van der Waals surface area contributed by atoms with Crippen LogP contribution < -0.4 is 10.6 Å². The number of halogens is 5. The van der Waals surface area contributed by atoms with E-state index in [1.165, 1.54) is 10.7 Å². The van der Waals surface area contributed by atoms with Gasteiger partial charge in [0.25, 0.3) is 11.8 Å². The lowest BCUT2D eigenvalue weighted by Gasteiger charge is -2.15. The van der Waals surface area contributed by atoms with Crippen LogP contribution >= 0.6 is 11.8 Å². The van der Waals surface area contributed by atoms with Gasteiger partial charge in [0, 0.05) is 23.1 Å². The number of aromatic nitrogens is 4. The number of carbonyl (C=O) groups excluding carboxylic acids is 2. The molecule has 0 saturated carbocycles. The molecule has 4 rings (SSSR count). The van der Waals surface area contributed by atoms with Crippen molar-refractivity contribution in [3.8, 4) is 5.75 Å². The van der Waals surface area contributed by atoms with Gasteiger partial charge >= 0.3 is 0 Å². The molecule has 4 aromatic rings. The molecular weight excluding hydrogens is 547 g/mol. The fourth-order valence-corrected chi connectivity index (χ4v) is 4.25. The van der Waals surface area contributed by atoms with Gasteiger partial charge in [-0.1, -0.05) is 17.7 Å². The molecule has 0 unspecified atom stereocenters. The summed E-state index contributed by atoms with van der Waals surface area (Å²) in [6.07, 6.45) is 0. The first-order chi connectivity index (χ1) is 18.5. The fraction of sp³-hybridized carbons (Fsp3) is 0.125. The van der Waals surface area contributed by atoms with Crippen molar-refractivity contribution in [2.24, 2.45) is 0 Å².